The first-order valence-electron chi connectivity index (χ1n) is 8.62. The summed E-state index contributed by atoms with van der Waals surface area (Å²) in [5.74, 6) is 0.739. The number of rotatable bonds is 4. The minimum atomic E-state index is -4.41. The molecule has 0 amide bonds. The minimum absolute atomic E-state index is 0.285. The van der Waals surface area contributed by atoms with E-state index in [1.54, 1.807) is 30.6 Å². The molecule has 28 heavy (non-hydrogen) atoms. The summed E-state index contributed by atoms with van der Waals surface area (Å²) in [4.78, 5) is 13.0. The van der Waals surface area contributed by atoms with E-state index >= 15 is 0 Å². The van der Waals surface area contributed by atoms with Gasteiger partial charge in [0.05, 0.1) is 11.3 Å². The molecule has 0 saturated heterocycles. The first-order chi connectivity index (χ1) is 13.1. The van der Waals surface area contributed by atoms with Gasteiger partial charge in [-0.15, -0.1) is 0 Å². The van der Waals surface area contributed by atoms with Crippen LogP contribution in [0.3, 0.4) is 0 Å². The maximum atomic E-state index is 13.0. The molecule has 3 rings (SSSR count). The third-order valence-corrected chi connectivity index (χ3v) is 3.63. The number of nitrogens with one attached hydrogen (secondary N) is 2. The highest BCUT2D eigenvalue weighted by molar-refractivity contribution is 5.67. The van der Waals surface area contributed by atoms with Gasteiger partial charge in [0.2, 0.25) is 5.95 Å². The predicted octanol–water partition coefficient (Wildman–Crippen LogP) is 5.51. The Morgan fingerprint density at radius 3 is 2.36 bits per heavy atom. The van der Waals surface area contributed by atoms with Crippen LogP contribution >= 0.6 is 0 Å². The molecule has 0 aliphatic heterocycles. The molecule has 0 aliphatic rings. The van der Waals surface area contributed by atoms with E-state index in [0.29, 0.717) is 17.5 Å². The Hall–Kier alpha value is -3.16. The first-order valence-corrected chi connectivity index (χ1v) is 8.62. The molecule has 0 bridgehead atoms. The van der Waals surface area contributed by atoms with Crippen molar-refractivity contribution in [3.63, 3.8) is 0 Å². The Labute approximate surface area is 161 Å². The smallest absolute Gasteiger partial charge is 0.350 e. The molecule has 0 atom stereocenters. The van der Waals surface area contributed by atoms with Crippen LogP contribution in [-0.2, 0) is 6.18 Å². The highest BCUT2D eigenvalue weighted by Crippen LogP contribution is 2.32. The molecule has 1 aromatic carbocycles. The molecule has 0 saturated carbocycles. The maximum absolute atomic E-state index is 13.0. The zero-order chi connectivity index (χ0) is 20.4. The van der Waals surface area contributed by atoms with E-state index in [1.165, 1.54) is 6.07 Å². The van der Waals surface area contributed by atoms with E-state index in [4.69, 9.17) is 0 Å². The van der Waals surface area contributed by atoms with Crippen molar-refractivity contribution in [3.8, 4) is 11.3 Å². The monoisotopic (exact) mass is 387 g/mol. The zero-order valence-corrected chi connectivity index (χ0v) is 15.7. The Kier molecular flexibility index (Phi) is 5.22. The fraction of sp³-hybridized carbons (Fsp3) is 0.250. The molecule has 0 unspecified atom stereocenters. The maximum Gasteiger partial charge on any atom is 0.416 e. The van der Waals surface area contributed by atoms with Gasteiger partial charge in [-0.25, -0.2) is 4.98 Å². The van der Waals surface area contributed by atoms with Crippen LogP contribution in [0.1, 0.15) is 26.3 Å². The normalized spacial score (nSPS) is 11.9. The molecule has 5 nitrogen and oxygen atoms in total. The fourth-order valence-electron chi connectivity index (χ4n) is 2.49. The van der Waals surface area contributed by atoms with E-state index < -0.39 is 11.7 Å². The number of alkyl halides is 3. The molecule has 3 aromatic rings. The summed E-state index contributed by atoms with van der Waals surface area (Å²) in [7, 11) is 0. The third-order valence-electron chi connectivity index (χ3n) is 3.63. The second kappa shape index (κ2) is 7.46. The summed E-state index contributed by atoms with van der Waals surface area (Å²) in [6.07, 6.45) is -1.10. The molecule has 146 valence electrons. The van der Waals surface area contributed by atoms with Crippen molar-refractivity contribution in [2.75, 3.05) is 10.6 Å². The van der Waals surface area contributed by atoms with E-state index in [2.05, 4.69) is 25.6 Å². The van der Waals surface area contributed by atoms with E-state index in [9.17, 15) is 13.2 Å². The molecule has 0 aliphatic carbocycles. The van der Waals surface area contributed by atoms with Crippen molar-refractivity contribution in [3.05, 3.63) is 60.4 Å². The van der Waals surface area contributed by atoms with Crippen molar-refractivity contribution in [2.24, 2.45) is 0 Å². The summed E-state index contributed by atoms with van der Waals surface area (Å²) < 4.78 is 38.9. The van der Waals surface area contributed by atoms with E-state index in [0.717, 1.165) is 17.7 Å². The molecule has 0 radical (unpaired) electrons. The van der Waals surface area contributed by atoms with Crippen LogP contribution < -0.4 is 10.6 Å². The Morgan fingerprint density at radius 1 is 0.929 bits per heavy atom. The largest absolute Gasteiger partial charge is 0.416 e. The Bertz CT molecular complexity index is 950. The fourth-order valence-corrected chi connectivity index (χ4v) is 2.49. The number of aromatic nitrogens is 3. The lowest BCUT2D eigenvalue weighted by Crippen LogP contribution is -2.27. The quantitative estimate of drug-likeness (QED) is 0.618. The molecule has 0 fully saturated rings. The van der Waals surface area contributed by atoms with Gasteiger partial charge >= 0.3 is 6.18 Å². The van der Waals surface area contributed by atoms with E-state index in [-0.39, 0.29) is 11.2 Å². The Balaban J connectivity index is 1.99. The first kappa shape index (κ1) is 19.6. The van der Waals surface area contributed by atoms with E-state index in [1.807, 2.05) is 26.8 Å². The predicted molar refractivity (Wildman–Crippen MR) is 103 cm³/mol. The van der Waals surface area contributed by atoms with Crippen molar-refractivity contribution in [1.82, 2.24) is 15.0 Å². The highest BCUT2D eigenvalue weighted by atomic mass is 19.4. The molecule has 0 spiro atoms. The average Bonchev–Trinajstić information content (AvgIpc) is 2.60. The number of anilines is 3. The van der Waals surface area contributed by atoms with Crippen LogP contribution in [0.2, 0.25) is 0 Å². The van der Waals surface area contributed by atoms with Gasteiger partial charge in [0.1, 0.15) is 5.82 Å². The molecular weight excluding hydrogens is 367 g/mol. The second-order valence-electron chi connectivity index (χ2n) is 7.28. The van der Waals surface area contributed by atoms with Crippen LogP contribution in [-0.4, -0.2) is 20.5 Å². The summed E-state index contributed by atoms with van der Waals surface area (Å²) in [5, 5.41) is 6.13. The van der Waals surface area contributed by atoms with Crippen molar-refractivity contribution in [1.29, 1.82) is 0 Å². The summed E-state index contributed by atoms with van der Waals surface area (Å²) >= 11 is 0. The van der Waals surface area contributed by atoms with Gasteiger partial charge in [0.25, 0.3) is 0 Å². The number of nitrogens with zero attached hydrogens (tertiary/aromatic N) is 3. The number of benzene rings is 1. The van der Waals surface area contributed by atoms with Crippen molar-refractivity contribution >= 4 is 17.5 Å². The molecule has 2 aromatic heterocycles. The van der Waals surface area contributed by atoms with Crippen molar-refractivity contribution in [2.45, 2.75) is 32.5 Å². The molecular formula is C20H20F3N5. The highest BCUT2D eigenvalue weighted by Gasteiger charge is 2.30. The molecule has 8 heteroatoms. The summed E-state index contributed by atoms with van der Waals surface area (Å²) in [5.41, 5.74) is 0.638. The standard InChI is InChI=1S/C20H20F3N5/c1-19(2,3)28-18-26-16(13-6-5-9-24-12-13)11-17(27-18)25-15-8-4-7-14(10-15)20(21,22)23/h4-12H,1-3H3,(H2,25,26,27,28). The third kappa shape index (κ3) is 5.18. The van der Waals surface area contributed by atoms with Gasteiger partial charge in [-0.1, -0.05) is 6.07 Å². The molecule has 2 N–H and O–H groups in total. The van der Waals surface area contributed by atoms with Crippen LogP contribution in [0.4, 0.5) is 30.6 Å². The number of hydrogen-bond donors (Lipinski definition) is 2. The van der Waals surface area contributed by atoms with Crippen LogP contribution in [0, 0.1) is 0 Å². The number of pyridine rings is 1. The summed E-state index contributed by atoms with van der Waals surface area (Å²) in [6, 6.07) is 10.3. The number of hydrogen-bond acceptors (Lipinski definition) is 5. The van der Waals surface area contributed by atoms with Gasteiger partial charge < -0.3 is 10.6 Å². The van der Waals surface area contributed by atoms with Gasteiger partial charge in [0.15, 0.2) is 0 Å². The van der Waals surface area contributed by atoms with Crippen LogP contribution in [0.15, 0.2) is 54.9 Å². The average molecular weight is 387 g/mol. The SMILES string of the molecule is CC(C)(C)Nc1nc(Nc2cccc(C(F)(F)F)c2)cc(-c2cccnc2)n1. The lowest BCUT2D eigenvalue weighted by molar-refractivity contribution is -0.137. The zero-order valence-electron chi connectivity index (χ0n) is 15.7. The van der Waals surface area contributed by atoms with Crippen LogP contribution in [0.25, 0.3) is 11.3 Å². The number of halogens is 3. The van der Waals surface area contributed by atoms with Crippen molar-refractivity contribution < 1.29 is 13.2 Å². The lowest BCUT2D eigenvalue weighted by atomic mass is 10.1. The van der Waals surface area contributed by atoms with Gasteiger partial charge in [-0.2, -0.15) is 18.2 Å². The van der Waals surface area contributed by atoms with Gasteiger partial charge in [-0.05, 0) is 51.1 Å². The summed E-state index contributed by atoms with van der Waals surface area (Å²) in [6.45, 7) is 5.90. The topological polar surface area (TPSA) is 62.7 Å². The lowest BCUT2D eigenvalue weighted by Gasteiger charge is -2.21. The van der Waals surface area contributed by atoms with Gasteiger partial charge in [-0.3, -0.25) is 4.98 Å². The second-order valence-corrected chi connectivity index (χ2v) is 7.28. The van der Waals surface area contributed by atoms with Gasteiger partial charge in [0, 0.05) is 35.2 Å². The van der Waals surface area contributed by atoms with Crippen LogP contribution in [0.5, 0.6) is 0 Å². The minimum Gasteiger partial charge on any atom is -0.350 e. The Morgan fingerprint density at radius 2 is 1.71 bits per heavy atom. The molecule has 2 heterocycles.